The van der Waals surface area contributed by atoms with E-state index < -0.39 is 0 Å². The van der Waals surface area contributed by atoms with Gasteiger partial charge in [-0.1, -0.05) is 0 Å². The van der Waals surface area contributed by atoms with E-state index in [9.17, 15) is 0 Å². The number of nitrogen functional groups attached to an aromatic ring is 2. The summed E-state index contributed by atoms with van der Waals surface area (Å²) in [5.41, 5.74) is 8.38. The van der Waals surface area contributed by atoms with Crippen molar-refractivity contribution in [3.8, 4) is 0 Å². The zero-order valence-corrected chi connectivity index (χ0v) is 6.72. The van der Waals surface area contributed by atoms with Crippen molar-refractivity contribution < 1.29 is 1.43 Å². The van der Waals surface area contributed by atoms with Gasteiger partial charge in [0.15, 0.2) is 5.82 Å². The number of nitrogens with one attached hydrogen (secondary N) is 1. The first-order chi connectivity index (χ1) is 4.74. The quantitative estimate of drug-likeness (QED) is 0.362. The SMILES string of the molecule is NNc1nc(Br)ccc1N.[HH]. The van der Waals surface area contributed by atoms with Gasteiger partial charge in [0.2, 0.25) is 0 Å². The fourth-order valence-corrected chi connectivity index (χ4v) is 0.871. The molecule has 0 atom stereocenters. The molecule has 0 radical (unpaired) electrons. The van der Waals surface area contributed by atoms with Gasteiger partial charge in [-0.2, -0.15) is 0 Å². The first-order valence-corrected chi connectivity index (χ1v) is 3.42. The summed E-state index contributed by atoms with van der Waals surface area (Å²) in [7, 11) is 0. The van der Waals surface area contributed by atoms with Gasteiger partial charge < -0.3 is 11.2 Å². The highest BCUT2D eigenvalue weighted by atomic mass is 79.9. The standard InChI is InChI=1S/C5H7BrN4.H2/c6-4-2-1-3(7)5(9-4)10-8;/h1-2H,7-8H2,(H,9,10);1H. The Hall–Kier alpha value is -0.810. The van der Waals surface area contributed by atoms with Crippen LogP contribution in [0.5, 0.6) is 0 Å². The third-order valence-corrected chi connectivity index (χ3v) is 1.47. The van der Waals surface area contributed by atoms with Gasteiger partial charge in [-0.3, -0.25) is 0 Å². The fourth-order valence-electron chi connectivity index (χ4n) is 0.562. The number of nitrogens with zero attached hydrogens (tertiary/aromatic N) is 1. The molecule has 0 aliphatic heterocycles. The van der Waals surface area contributed by atoms with E-state index in [1.807, 2.05) is 0 Å². The van der Waals surface area contributed by atoms with Crippen LogP contribution < -0.4 is 17.0 Å². The van der Waals surface area contributed by atoms with Crippen molar-refractivity contribution in [2.75, 3.05) is 11.2 Å². The second kappa shape index (κ2) is 2.85. The molecular weight excluding hydrogens is 196 g/mol. The van der Waals surface area contributed by atoms with Crippen LogP contribution in [0.2, 0.25) is 0 Å². The minimum Gasteiger partial charge on any atom is -0.396 e. The van der Waals surface area contributed by atoms with Gasteiger partial charge in [-0.15, -0.1) is 0 Å². The Morgan fingerprint density at radius 3 is 2.80 bits per heavy atom. The van der Waals surface area contributed by atoms with Gasteiger partial charge in [0.25, 0.3) is 0 Å². The van der Waals surface area contributed by atoms with Crippen molar-refractivity contribution in [1.82, 2.24) is 4.98 Å². The summed E-state index contributed by atoms with van der Waals surface area (Å²) in [6.07, 6.45) is 0. The number of hydrazine groups is 1. The molecule has 0 aromatic carbocycles. The molecule has 0 unspecified atom stereocenters. The van der Waals surface area contributed by atoms with Crippen molar-refractivity contribution in [3.05, 3.63) is 16.7 Å². The van der Waals surface area contributed by atoms with E-state index >= 15 is 0 Å². The molecule has 56 valence electrons. The van der Waals surface area contributed by atoms with Gasteiger partial charge in [-0.05, 0) is 28.1 Å². The number of aromatic nitrogens is 1. The molecular formula is C5H9BrN4. The summed E-state index contributed by atoms with van der Waals surface area (Å²) in [6.45, 7) is 0. The molecule has 1 heterocycles. The smallest absolute Gasteiger partial charge is 0.164 e. The third kappa shape index (κ3) is 1.37. The van der Waals surface area contributed by atoms with Crippen molar-refractivity contribution >= 4 is 27.4 Å². The lowest BCUT2D eigenvalue weighted by molar-refractivity contribution is 1.21. The van der Waals surface area contributed by atoms with E-state index in [0.29, 0.717) is 16.1 Å². The van der Waals surface area contributed by atoms with Crippen molar-refractivity contribution in [2.24, 2.45) is 5.84 Å². The molecule has 10 heavy (non-hydrogen) atoms. The summed E-state index contributed by atoms with van der Waals surface area (Å²) in [4.78, 5) is 3.95. The first-order valence-electron chi connectivity index (χ1n) is 2.62. The number of rotatable bonds is 1. The van der Waals surface area contributed by atoms with Crippen LogP contribution in [-0.2, 0) is 0 Å². The summed E-state index contributed by atoms with van der Waals surface area (Å²) < 4.78 is 0.703. The minimum atomic E-state index is 0. The van der Waals surface area contributed by atoms with E-state index in [1.54, 1.807) is 12.1 Å². The molecule has 5 heteroatoms. The lowest BCUT2D eigenvalue weighted by Gasteiger charge is -2.01. The molecule has 5 N–H and O–H groups in total. The Balaban J connectivity index is 0.000001000. The van der Waals surface area contributed by atoms with Gasteiger partial charge in [-0.25, -0.2) is 10.8 Å². The molecule has 0 spiro atoms. The van der Waals surface area contributed by atoms with Crippen LogP contribution >= 0.6 is 15.9 Å². The van der Waals surface area contributed by atoms with Gasteiger partial charge in [0.1, 0.15) is 4.60 Å². The number of pyridine rings is 1. The topological polar surface area (TPSA) is 77.0 Å². The number of halogens is 1. The van der Waals surface area contributed by atoms with E-state index in [0.717, 1.165) is 0 Å². The van der Waals surface area contributed by atoms with Crippen molar-refractivity contribution in [2.45, 2.75) is 0 Å². The molecule has 0 aliphatic carbocycles. The molecule has 0 amide bonds. The summed E-state index contributed by atoms with van der Waals surface area (Å²) in [6, 6.07) is 3.46. The molecule has 0 bridgehead atoms. The largest absolute Gasteiger partial charge is 0.396 e. The predicted molar refractivity (Wildman–Crippen MR) is 46.3 cm³/mol. The van der Waals surface area contributed by atoms with Gasteiger partial charge in [0.05, 0.1) is 5.69 Å². The van der Waals surface area contributed by atoms with Crippen LogP contribution in [-0.4, -0.2) is 4.98 Å². The third-order valence-electron chi connectivity index (χ3n) is 1.03. The molecule has 1 aromatic heterocycles. The Morgan fingerprint density at radius 1 is 1.60 bits per heavy atom. The number of hydrogen-bond acceptors (Lipinski definition) is 4. The number of hydrogen-bond donors (Lipinski definition) is 3. The normalized spacial score (nSPS) is 9.40. The monoisotopic (exact) mass is 204 g/mol. The van der Waals surface area contributed by atoms with E-state index in [2.05, 4.69) is 26.3 Å². The lowest BCUT2D eigenvalue weighted by atomic mass is 10.4. The van der Waals surface area contributed by atoms with E-state index in [4.69, 9.17) is 11.6 Å². The maximum absolute atomic E-state index is 5.47. The summed E-state index contributed by atoms with van der Waals surface area (Å²) in [5.74, 6) is 5.59. The van der Waals surface area contributed by atoms with Gasteiger partial charge in [0, 0.05) is 1.43 Å². The Morgan fingerprint density at radius 2 is 2.30 bits per heavy atom. The lowest BCUT2D eigenvalue weighted by Crippen LogP contribution is -2.10. The van der Waals surface area contributed by atoms with E-state index in [1.165, 1.54) is 0 Å². The van der Waals surface area contributed by atoms with Crippen molar-refractivity contribution in [3.63, 3.8) is 0 Å². The maximum atomic E-state index is 5.47. The first kappa shape index (κ1) is 7.30. The second-order valence-corrected chi connectivity index (χ2v) is 2.53. The van der Waals surface area contributed by atoms with Crippen molar-refractivity contribution in [1.29, 1.82) is 0 Å². The highest BCUT2D eigenvalue weighted by molar-refractivity contribution is 9.10. The van der Waals surface area contributed by atoms with Gasteiger partial charge >= 0.3 is 0 Å². The molecule has 0 aliphatic rings. The average Bonchev–Trinajstić information content (AvgIpc) is 1.94. The highest BCUT2D eigenvalue weighted by Gasteiger charge is 1.96. The maximum Gasteiger partial charge on any atom is 0.164 e. The summed E-state index contributed by atoms with van der Waals surface area (Å²) >= 11 is 3.17. The minimum absolute atomic E-state index is 0. The van der Waals surface area contributed by atoms with E-state index in [-0.39, 0.29) is 1.43 Å². The summed E-state index contributed by atoms with van der Waals surface area (Å²) in [5, 5.41) is 0. The van der Waals surface area contributed by atoms with Crippen LogP contribution in [0.15, 0.2) is 16.7 Å². The molecule has 1 rings (SSSR count). The van der Waals surface area contributed by atoms with Crippen LogP contribution in [0, 0.1) is 0 Å². The number of nitrogens with two attached hydrogens (primary N) is 2. The molecule has 0 saturated heterocycles. The molecule has 0 saturated carbocycles. The Labute approximate surface area is 68.2 Å². The Bertz CT molecular complexity index is 242. The fraction of sp³-hybridized carbons (Fsp3) is 0. The molecule has 4 nitrogen and oxygen atoms in total. The predicted octanol–water partition coefficient (Wildman–Crippen LogP) is 0.958. The van der Waals surface area contributed by atoms with Crippen LogP contribution in [0.4, 0.5) is 11.5 Å². The molecule has 1 aromatic rings. The second-order valence-electron chi connectivity index (χ2n) is 1.72. The van der Waals surface area contributed by atoms with Crippen LogP contribution in [0.25, 0.3) is 0 Å². The van der Waals surface area contributed by atoms with Crippen LogP contribution in [0.1, 0.15) is 1.43 Å². The highest BCUT2D eigenvalue weighted by Crippen LogP contribution is 2.16. The van der Waals surface area contributed by atoms with Crippen LogP contribution in [0.3, 0.4) is 0 Å². The number of anilines is 2. The average molecular weight is 205 g/mol. The molecule has 0 fully saturated rings. The zero-order valence-electron chi connectivity index (χ0n) is 5.13. The Kier molecular flexibility index (Phi) is 2.08. The zero-order chi connectivity index (χ0) is 7.56.